The first-order valence-electron chi connectivity index (χ1n) is 6.57. The number of nitrogens with zero attached hydrogens (tertiary/aromatic N) is 5. The Kier molecular flexibility index (Phi) is 5.11. The maximum Gasteiger partial charge on any atom is 0.275 e. The summed E-state index contributed by atoms with van der Waals surface area (Å²) in [7, 11) is 0. The number of carbonyl (C=O) groups is 1. The molecule has 118 valence electrons. The number of aromatic nitrogens is 2. The average molecular weight is 323 g/mol. The van der Waals surface area contributed by atoms with E-state index in [2.05, 4.69) is 25.8 Å². The van der Waals surface area contributed by atoms with E-state index in [4.69, 9.17) is 10.5 Å². The van der Waals surface area contributed by atoms with Crippen LogP contribution in [0.3, 0.4) is 0 Å². The van der Waals surface area contributed by atoms with E-state index in [1.165, 1.54) is 24.5 Å². The molecule has 0 spiro atoms. The lowest BCUT2D eigenvalue weighted by atomic mass is 10.2. The lowest BCUT2D eigenvalue weighted by Crippen LogP contribution is -2.15. The van der Waals surface area contributed by atoms with Crippen molar-refractivity contribution in [2.45, 2.75) is 6.92 Å². The van der Waals surface area contributed by atoms with Crippen LogP contribution in [0.1, 0.15) is 16.2 Å². The summed E-state index contributed by atoms with van der Waals surface area (Å²) in [5.41, 5.74) is 2.84. The number of nitriles is 2. The molecule has 0 bridgehead atoms. The maximum atomic E-state index is 14.0. The summed E-state index contributed by atoms with van der Waals surface area (Å²) in [4.78, 5) is 19.8. The van der Waals surface area contributed by atoms with Gasteiger partial charge in [0, 0.05) is 12.3 Å². The summed E-state index contributed by atoms with van der Waals surface area (Å²) in [6.07, 6.45) is 2.72. The van der Waals surface area contributed by atoms with E-state index in [0.29, 0.717) is 5.69 Å². The van der Waals surface area contributed by atoms with Crippen molar-refractivity contribution < 1.29 is 9.18 Å². The molecule has 0 radical (unpaired) electrons. The number of amides is 1. The van der Waals surface area contributed by atoms with Crippen LogP contribution in [-0.2, 0) is 0 Å². The van der Waals surface area contributed by atoms with Gasteiger partial charge in [-0.25, -0.2) is 9.37 Å². The van der Waals surface area contributed by atoms with E-state index in [9.17, 15) is 9.18 Å². The molecule has 0 saturated carbocycles. The summed E-state index contributed by atoms with van der Waals surface area (Å²) in [5.74, 6) is -1.32. The zero-order chi connectivity index (χ0) is 17.5. The van der Waals surface area contributed by atoms with Gasteiger partial charge in [0.05, 0.1) is 23.3 Å². The van der Waals surface area contributed by atoms with Gasteiger partial charge in [0.1, 0.15) is 23.6 Å². The molecular weight excluding hydrogens is 313 g/mol. The van der Waals surface area contributed by atoms with Gasteiger partial charge in [-0.2, -0.15) is 15.6 Å². The molecule has 9 heteroatoms. The highest BCUT2D eigenvalue weighted by Gasteiger charge is 2.11. The Morgan fingerprint density at radius 3 is 2.58 bits per heavy atom. The van der Waals surface area contributed by atoms with Crippen molar-refractivity contribution in [1.29, 1.82) is 10.5 Å². The first kappa shape index (κ1) is 16.5. The summed E-state index contributed by atoms with van der Waals surface area (Å²) in [6, 6.07) is 6.92. The number of hydrazone groups is 1. The molecule has 0 fully saturated rings. The van der Waals surface area contributed by atoms with Crippen LogP contribution in [0.2, 0.25) is 0 Å². The van der Waals surface area contributed by atoms with Crippen molar-refractivity contribution in [2.24, 2.45) is 5.10 Å². The third-order valence-electron chi connectivity index (χ3n) is 2.74. The van der Waals surface area contributed by atoms with Crippen LogP contribution in [0.25, 0.3) is 0 Å². The van der Waals surface area contributed by atoms with Crippen molar-refractivity contribution in [1.82, 2.24) is 9.97 Å². The molecule has 0 aliphatic carbocycles. The SMILES string of the molecule is Cc1cnc(C(=O)Nc2ccc(NN=C(C#N)C#N)cc2F)cn1. The smallest absolute Gasteiger partial charge is 0.275 e. The molecule has 2 N–H and O–H groups in total. The highest BCUT2D eigenvalue weighted by molar-refractivity contribution is 6.10. The fourth-order valence-electron chi connectivity index (χ4n) is 1.58. The van der Waals surface area contributed by atoms with Gasteiger partial charge in [-0.05, 0) is 19.1 Å². The molecule has 0 unspecified atom stereocenters. The molecular formula is C15H10FN7O. The molecule has 0 aliphatic heterocycles. The van der Waals surface area contributed by atoms with Gasteiger partial charge in [-0.15, -0.1) is 0 Å². The highest BCUT2D eigenvalue weighted by atomic mass is 19.1. The maximum absolute atomic E-state index is 14.0. The third-order valence-corrected chi connectivity index (χ3v) is 2.74. The van der Waals surface area contributed by atoms with Crippen LogP contribution in [0, 0.1) is 35.4 Å². The topological polar surface area (TPSA) is 127 Å². The molecule has 8 nitrogen and oxygen atoms in total. The summed E-state index contributed by atoms with van der Waals surface area (Å²) in [6.45, 7) is 1.73. The Hall–Kier alpha value is -3.85. The van der Waals surface area contributed by atoms with Crippen molar-refractivity contribution in [3.63, 3.8) is 0 Å². The minimum atomic E-state index is -0.723. The number of nitrogens with one attached hydrogen (secondary N) is 2. The van der Waals surface area contributed by atoms with E-state index in [0.717, 1.165) is 6.07 Å². The largest absolute Gasteiger partial charge is 0.318 e. The molecule has 2 aromatic rings. The van der Waals surface area contributed by atoms with Gasteiger partial charge in [0.25, 0.3) is 5.91 Å². The Morgan fingerprint density at radius 2 is 2.00 bits per heavy atom. The Labute approximate surface area is 136 Å². The normalized spacial score (nSPS) is 9.33. The molecule has 0 aliphatic rings. The number of aryl methyl sites for hydroxylation is 1. The van der Waals surface area contributed by atoms with Crippen LogP contribution in [0.5, 0.6) is 0 Å². The minimum Gasteiger partial charge on any atom is -0.318 e. The first-order valence-corrected chi connectivity index (χ1v) is 6.57. The predicted molar refractivity (Wildman–Crippen MR) is 83.4 cm³/mol. The molecule has 0 saturated heterocycles. The number of hydrogen-bond acceptors (Lipinski definition) is 7. The molecule has 1 aromatic carbocycles. The van der Waals surface area contributed by atoms with Crippen molar-refractivity contribution in [3.8, 4) is 12.1 Å². The number of benzene rings is 1. The Balaban J connectivity index is 2.11. The number of halogens is 1. The zero-order valence-electron chi connectivity index (χ0n) is 12.4. The number of hydrogen-bond donors (Lipinski definition) is 2. The van der Waals surface area contributed by atoms with E-state index in [-0.39, 0.29) is 17.1 Å². The first-order chi connectivity index (χ1) is 11.5. The standard InChI is InChI=1S/C15H10FN7O/c1-9-7-20-14(8-19-9)15(24)21-13-3-2-10(4-12(13)16)22-23-11(5-17)6-18/h2-4,7-8,22H,1H3,(H,21,24). The van der Waals surface area contributed by atoms with E-state index in [1.807, 2.05) is 0 Å². The van der Waals surface area contributed by atoms with Crippen LogP contribution in [-0.4, -0.2) is 21.6 Å². The Morgan fingerprint density at radius 1 is 1.25 bits per heavy atom. The summed E-state index contributed by atoms with van der Waals surface area (Å²) < 4.78 is 14.0. The molecule has 1 aromatic heterocycles. The van der Waals surface area contributed by atoms with Gasteiger partial charge in [0.15, 0.2) is 0 Å². The van der Waals surface area contributed by atoms with Crippen molar-refractivity contribution >= 4 is 23.0 Å². The molecule has 24 heavy (non-hydrogen) atoms. The van der Waals surface area contributed by atoms with Crippen LogP contribution in [0.15, 0.2) is 35.7 Å². The summed E-state index contributed by atoms with van der Waals surface area (Å²) >= 11 is 0. The van der Waals surface area contributed by atoms with Gasteiger partial charge in [-0.3, -0.25) is 15.2 Å². The van der Waals surface area contributed by atoms with Crippen molar-refractivity contribution in [2.75, 3.05) is 10.7 Å². The predicted octanol–water partition coefficient (Wildman–Crippen LogP) is 1.99. The van der Waals surface area contributed by atoms with E-state index < -0.39 is 17.4 Å². The second kappa shape index (κ2) is 7.42. The fraction of sp³-hybridized carbons (Fsp3) is 0.0667. The van der Waals surface area contributed by atoms with Gasteiger partial charge >= 0.3 is 0 Å². The number of carbonyl (C=O) groups excluding carboxylic acids is 1. The lowest BCUT2D eigenvalue weighted by Gasteiger charge is -2.07. The third kappa shape index (κ3) is 4.08. The van der Waals surface area contributed by atoms with Crippen molar-refractivity contribution in [3.05, 3.63) is 47.8 Å². The lowest BCUT2D eigenvalue weighted by molar-refractivity contribution is 0.102. The van der Waals surface area contributed by atoms with Crippen LogP contribution < -0.4 is 10.7 Å². The summed E-state index contributed by atoms with van der Waals surface area (Å²) in [5, 5.41) is 23.0. The van der Waals surface area contributed by atoms with Crippen LogP contribution in [0.4, 0.5) is 15.8 Å². The number of anilines is 2. The molecule has 1 amide bonds. The molecule has 1 heterocycles. The van der Waals surface area contributed by atoms with Gasteiger partial charge in [-0.1, -0.05) is 0 Å². The Bertz CT molecular complexity index is 862. The highest BCUT2D eigenvalue weighted by Crippen LogP contribution is 2.19. The van der Waals surface area contributed by atoms with Gasteiger partial charge in [0.2, 0.25) is 5.71 Å². The van der Waals surface area contributed by atoms with Crippen LogP contribution >= 0.6 is 0 Å². The second-order valence-corrected chi connectivity index (χ2v) is 4.49. The van der Waals surface area contributed by atoms with Gasteiger partial charge < -0.3 is 5.32 Å². The monoisotopic (exact) mass is 323 g/mol. The zero-order valence-corrected chi connectivity index (χ0v) is 12.4. The van der Waals surface area contributed by atoms with E-state index in [1.54, 1.807) is 19.1 Å². The van der Waals surface area contributed by atoms with E-state index >= 15 is 0 Å². The average Bonchev–Trinajstić information content (AvgIpc) is 2.58. The quantitative estimate of drug-likeness (QED) is 0.654. The fourth-order valence-corrected chi connectivity index (χ4v) is 1.58. The molecule has 2 rings (SSSR count). The molecule has 0 atom stereocenters. The minimum absolute atomic E-state index is 0.0551. The number of rotatable bonds is 4. The second-order valence-electron chi connectivity index (χ2n) is 4.49.